The molecule has 0 unspecified atom stereocenters. The third kappa shape index (κ3) is 2.51. The van der Waals surface area contributed by atoms with Crippen molar-refractivity contribution in [3.63, 3.8) is 0 Å². The van der Waals surface area contributed by atoms with E-state index in [1.54, 1.807) is 6.20 Å². The second-order valence-electron chi connectivity index (χ2n) is 3.56. The van der Waals surface area contributed by atoms with Gasteiger partial charge in [-0.3, -0.25) is 4.79 Å². The Morgan fingerprint density at radius 2 is 2.60 bits per heavy atom. The quantitative estimate of drug-likeness (QED) is 0.798. The summed E-state index contributed by atoms with van der Waals surface area (Å²) >= 11 is 1.41. The summed E-state index contributed by atoms with van der Waals surface area (Å²) in [5.74, 6) is -0.204. The number of carbonyl (C=O) groups excluding carboxylic acids is 1. The fraction of sp³-hybridized carbons (Fsp3) is 0.556. The fourth-order valence-corrected chi connectivity index (χ4v) is 2.16. The highest BCUT2D eigenvalue weighted by Crippen LogP contribution is 2.18. The van der Waals surface area contributed by atoms with Gasteiger partial charge in [-0.25, -0.2) is 9.37 Å². The average Bonchev–Trinajstić information content (AvgIpc) is 2.75. The Bertz CT molecular complexity index is 368. The maximum atomic E-state index is 12.8. The summed E-state index contributed by atoms with van der Waals surface area (Å²) in [6.07, 6.45) is 1.02. The lowest BCUT2D eigenvalue weighted by atomic mass is 10.2. The molecule has 1 aliphatic heterocycles. The second kappa shape index (κ2) is 4.24. The van der Waals surface area contributed by atoms with Crippen LogP contribution in [0.25, 0.3) is 0 Å². The Morgan fingerprint density at radius 1 is 1.80 bits per heavy atom. The number of nitrogens with zero attached hydrogens (tertiary/aromatic N) is 1. The molecule has 0 aromatic carbocycles. The molecule has 2 heterocycles. The Morgan fingerprint density at radius 3 is 3.13 bits per heavy atom. The number of aromatic nitrogens is 1. The molecule has 82 valence electrons. The lowest BCUT2D eigenvalue weighted by Crippen LogP contribution is -2.35. The van der Waals surface area contributed by atoms with E-state index in [4.69, 9.17) is 0 Å². The molecule has 6 heteroatoms. The zero-order valence-electron chi connectivity index (χ0n) is 8.29. The highest BCUT2D eigenvalue weighted by Gasteiger charge is 2.29. The lowest BCUT2D eigenvalue weighted by molar-refractivity contribution is -0.117. The Kier molecular flexibility index (Phi) is 2.97. The summed E-state index contributed by atoms with van der Waals surface area (Å²) in [4.78, 5) is 16.6. The van der Waals surface area contributed by atoms with Gasteiger partial charge in [-0.15, -0.1) is 11.3 Å². The molecule has 2 N–H and O–H groups in total. The molecule has 1 saturated heterocycles. The lowest BCUT2D eigenvalue weighted by Gasteiger charge is -2.07. The number of alkyl halides is 1. The van der Waals surface area contributed by atoms with Crippen LogP contribution in [0.3, 0.4) is 0 Å². The molecule has 2 atom stereocenters. The fourth-order valence-electron chi connectivity index (χ4n) is 1.50. The van der Waals surface area contributed by atoms with Gasteiger partial charge in [0.2, 0.25) is 5.91 Å². The van der Waals surface area contributed by atoms with Crippen molar-refractivity contribution in [2.45, 2.75) is 25.6 Å². The van der Waals surface area contributed by atoms with Gasteiger partial charge < -0.3 is 10.6 Å². The van der Waals surface area contributed by atoms with E-state index < -0.39 is 12.2 Å². The van der Waals surface area contributed by atoms with Crippen LogP contribution in [0.4, 0.5) is 9.52 Å². The molecule has 0 aliphatic carbocycles. The summed E-state index contributed by atoms with van der Waals surface area (Å²) < 4.78 is 12.8. The van der Waals surface area contributed by atoms with Crippen molar-refractivity contribution in [1.29, 1.82) is 0 Å². The van der Waals surface area contributed by atoms with Crippen molar-refractivity contribution in [2.75, 3.05) is 11.9 Å². The van der Waals surface area contributed by atoms with E-state index in [1.165, 1.54) is 11.3 Å². The van der Waals surface area contributed by atoms with Crippen molar-refractivity contribution in [2.24, 2.45) is 0 Å². The number of aryl methyl sites for hydroxylation is 1. The molecular formula is C9H12FN3OS. The summed E-state index contributed by atoms with van der Waals surface area (Å²) in [6.45, 7) is 2.17. The normalized spacial score (nSPS) is 25.5. The first-order chi connectivity index (χ1) is 7.15. The topological polar surface area (TPSA) is 54.0 Å². The third-order valence-corrected chi connectivity index (χ3v) is 3.07. The first-order valence-corrected chi connectivity index (χ1v) is 5.57. The van der Waals surface area contributed by atoms with E-state index in [0.29, 0.717) is 5.13 Å². The molecule has 1 aliphatic rings. The molecule has 2 rings (SSSR count). The summed E-state index contributed by atoms with van der Waals surface area (Å²) in [5.41, 5.74) is 0. The second-order valence-corrected chi connectivity index (χ2v) is 4.79. The van der Waals surface area contributed by atoms with E-state index in [0.717, 1.165) is 4.88 Å². The molecule has 4 nitrogen and oxygen atoms in total. The van der Waals surface area contributed by atoms with Crippen LogP contribution in [0.15, 0.2) is 6.20 Å². The van der Waals surface area contributed by atoms with Gasteiger partial charge in [0, 0.05) is 24.0 Å². The van der Waals surface area contributed by atoms with Crippen LogP contribution in [0.5, 0.6) is 0 Å². The van der Waals surface area contributed by atoms with Crippen LogP contribution in [0.2, 0.25) is 0 Å². The zero-order chi connectivity index (χ0) is 10.8. The van der Waals surface area contributed by atoms with Crippen molar-refractivity contribution in [3.8, 4) is 0 Å². The first kappa shape index (κ1) is 10.5. The first-order valence-electron chi connectivity index (χ1n) is 4.76. The smallest absolute Gasteiger partial charge is 0.243 e. The molecule has 1 aromatic heterocycles. The van der Waals surface area contributed by atoms with Crippen LogP contribution in [0.1, 0.15) is 11.3 Å². The Balaban J connectivity index is 1.92. The summed E-state index contributed by atoms with van der Waals surface area (Å²) in [6, 6.07) is -0.427. The highest BCUT2D eigenvalue weighted by molar-refractivity contribution is 7.15. The minimum absolute atomic E-state index is 0.204. The van der Waals surface area contributed by atoms with Crippen molar-refractivity contribution >= 4 is 22.4 Å². The largest absolute Gasteiger partial charge is 0.303 e. The Hall–Kier alpha value is -1.01. The van der Waals surface area contributed by atoms with E-state index in [9.17, 15) is 9.18 Å². The third-order valence-electron chi connectivity index (χ3n) is 2.25. The molecular weight excluding hydrogens is 217 g/mol. The standard InChI is InChI=1S/C9H12FN3OS/c1-5-3-12-9(15-5)13-8(14)7-2-6(10)4-11-7/h3,6-7,11H,2,4H2,1H3,(H,12,13,14)/t6-,7+/m0/s1. The maximum absolute atomic E-state index is 12.8. The number of anilines is 1. The zero-order valence-corrected chi connectivity index (χ0v) is 9.10. The van der Waals surface area contributed by atoms with Crippen LogP contribution >= 0.6 is 11.3 Å². The molecule has 1 amide bonds. The van der Waals surface area contributed by atoms with Crippen molar-refractivity contribution < 1.29 is 9.18 Å². The number of amides is 1. The number of carbonyl (C=O) groups is 1. The molecule has 0 saturated carbocycles. The maximum Gasteiger partial charge on any atom is 0.243 e. The molecule has 0 bridgehead atoms. The Labute approximate surface area is 90.9 Å². The van der Waals surface area contributed by atoms with Crippen LogP contribution in [0, 0.1) is 6.92 Å². The molecule has 1 fully saturated rings. The van der Waals surface area contributed by atoms with Gasteiger partial charge >= 0.3 is 0 Å². The van der Waals surface area contributed by atoms with Gasteiger partial charge in [0.15, 0.2) is 5.13 Å². The van der Waals surface area contributed by atoms with Crippen LogP contribution in [-0.2, 0) is 4.79 Å². The number of rotatable bonds is 2. The summed E-state index contributed by atoms with van der Waals surface area (Å²) in [5, 5.41) is 6.06. The van der Waals surface area contributed by atoms with Gasteiger partial charge in [0.05, 0.1) is 6.04 Å². The van der Waals surface area contributed by atoms with Crippen molar-refractivity contribution in [1.82, 2.24) is 10.3 Å². The molecule has 0 radical (unpaired) electrons. The van der Waals surface area contributed by atoms with Gasteiger partial charge in [-0.2, -0.15) is 0 Å². The average molecular weight is 229 g/mol. The van der Waals surface area contributed by atoms with Crippen LogP contribution in [-0.4, -0.2) is 29.6 Å². The number of thiazole rings is 1. The minimum Gasteiger partial charge on any atom is -0.303 e. The molecule has 15 heavy (non-hydrogen) atoms. The number of halogens is 1. The molecule has 1 aromatic rings. The van der Waals surface area contributed by atoms with Crippen molar-refractivity contribution in [3.05, 3.63) is 11.1 Å². The number of hydrogen-bond acceptors (Lipinski definition) is 4. The van der Waals surface area contributed by atoms with E-state index in [1.807, 2.05) is 6.92 Å². The monoisotopic (exact) mass is 229 g/mol. The van der Waals surface area contributed by atoms with E-state index in [2.05, 4.69) is 15.6 Å². The predicted octanol–water partition coefficient (Wildman–Crippen LogP) is 1.09. The van der Waals surface area contributed by atoms with Gasteiger partial charge in [0.1, 0.15) is 6.17 Å². The predicted molar refractivity (Wildman–Crippen MR) is 56.8 cm³/mol. The SMILES string of the molecule is Cc1cnc(NC(=O)[C@H]2C[C@H](F)CN2)s1. The van der Waals surface area contributed by atoms with E-state index in [-0.39, 0.29) is 18.9 Å². The molecule has 0 spiro atoms. The highest BCUT2D eigenvalue weighted by atomic mass is 32.1. The summed E-state index contributed by atoms with van der Waals surface area (Å²) in [7, 11) is 0. The van der Waals surface area contributed by atoms with Gasteiger partial charge in [0.25, 0.3) is 0 Å². The van der Waals surface area contributed by atoms with Gasteiger partial charge in [-0.05, 0) is 6.92 Å². The van der Waals surface area contributed by atoms with E-state index >= 15 is 0 Å². The van der Waals surface area contributed by atoms with Crippen LogP contribution < -0.4 is 10.6 Å². The number of nitrogens with one attached hydrogen (secondary N) is 2. The number of hydrogen-bond donors (Lipinski definition) is 2. The van der Waals surface area contributed by atoms with Gasteiger partial charge in [-0.1, -0.05) is 0 Å². The minimum atomic E-state index is -0.918.